The lowest BCUT2D eigenvalue weighted by Gasteiger charge is -2.26. The van der Waals surface area contributed by atoms with Crippen LogP contribution in [0.15, 0.2) is 58.5 Å². The maximum atomic E-state index is 12.5. The van der Waals surface area contributed by atoms with Gasteiger partial charge in [-0.1, -0.05) is 29.8 Å². The van der Waals surface area contributed by atoms with E-state index in [9.17, 15) is 4.79 Å². The van der Waals surface area contributed by atoms with Gasteiger partial charge < -0.3 is 16.4 Å². The highest BCUT2D eigenvalue weighted by molar-refractivity contribution is 6.30. The van der Waals surface area contributed by atoms with Crippen LogP contribution in [-0.4, -0.2) is 17.8 Å². The fraction of sp³-hybridized carbons (Fsp3) is 0.0625. The molecule has 5 N–H and O–H groups in total. The van der Waals surface area contributed by atoms with Crippen LogP contribution in [-0.2, 0) is 10.5 Å². The summed E-state index contributed by atoms with van der Waals surface area (Å²) in [5.74, 6) is 0.0912. The molecule has 0 radical (unpaired) electrons. The standard InChI is InChI=1S/C16H13ClN6O/c17-9-5-7-10(8-6-9)19-15-21-14(18)22-16(23-15)11-3-1-2-4-12(11)20-13(16)24/h1-8H,(H,20,24)(H4,18,19,21,22,23)/t16-/m1/s1. The van der Waals surface area contributed by atoms with E-state index >= 15 is 0 Å². The molecule has 0 unspecified atom stereocenters. The van der Waals surface area contributed by atoms with Gasteiger partial charge in [-0.2, -0.15) is 0 Å². The van der Waals surface area contributed by atoms with Crippen molar-refractivity contribution in [2.75, 3.05) is 10.6 Å². The molecular formula is C16H13ClN6O. The Kier molecular flexibility index (Phi) is 3.17. The Labute approximate surface area is 142 Å². The number of nitrogens with two attached hydrogens (primary N) is 1. The zero-order valence-corrected chi connectivity index (χ0v) is 13.1. The fourth-order valence-corrected chi connectivity index (χ4v) is 2.84. The molecule has 1 amide bonds. The molecule has 2 aliphatic rings. The smallest absolute Gasteiger partial charge is 0.280 e. The first-order valence-electron chi connectivity index (χ1n) is 7.22. The van der Waals surface area contributed by atoms with Crippen molar-refractivity contribution in [3.8, 4) is 0 Å². The lowest BCUT2D eigenvalue weighted by atomic mass is 10.0. The second-order valence-electron chi connectivity index (χ2n) is 5.39. The largest absolute Gasteiger partial charge is 0.370 e. The van der Waals surface area contributed by atoms with Crippen LogP contribution in [0, 0.1) is 0 Å². The van der Waals surface area contributed by atoms with Crippen LogP contribution in [0.3, 0.4) is 0 Å². The molecule has 0 aromatic heterocycles. The van der Waals surface area contributed by atoms with Gasteiger partial charge >= 0.3 is 0 Å². The number of benzene rings is 2. The van der Waals surface area contributed by atoms with Gasteiger partial charge in [0.25, 0.3) is 11.6 Å². The fourth-order valence-electron chi connectivity index (χ4n) is 2.72. The summed E-state index contributed by atoms with van der Waals surface area (Å²) in [5, 5.41) is 9.33. The molecule has 1 spiro atoms. The molecule has 8 heteroatoms. The topological polar surface area (TPSA) is 104 Å². The Morgan fingerprint density at radius 3 is 2.58 bits per heavy atom. The number of guanidine groups is 2. The zero-order chi connectivity index (χ0) is 16.7. The third-order valence-electron chi connectivity index (χ3n) is 3.78. The Hall–Kier alpha value is -3.06. The molecule has 0 saturated carbocycles. The molecule has 2 aliphatic heterocycles. The molecular weight excluding hydrogens is 328 g/mol. The van der Waals surface area contributed by atoms with E-state index in [0.29, 0.717) is 22.2 Å². The summed E-state index contributed by atoms with van der Waals surface area (Å²) in [5.41, 5.74) is 6.57. The third-order valence-corrected chi connectivity index (χ3v) is 4.03. The number of nitrogens with zero attached hydrogens (tertiary/aromatic N) is 2. The van der Waals surface area contributed by atoms with Gasteiger partial charge in [-0.15, -0.1) is 0 Å². The molecule has 120 valence electrons. The number of amides is 1. The first kappa shape index (κ1) is 14.5. The number of rotatable bonds is 1. The van der Waals surface area contributed by atoms with Crippen LogP contribution >= 0.6 is 11.6 Å². The van der Waals surface area contributed by atoms with E-state index in [1.54, 1.807) is 36.4 Å². The summed E-state index contributed by atoms with van der Waals surface area (Å²) < 4.78 is 0. The van der Waals surface area contributed by atoms with Crippen LogP contribution in [0.1, 0.15) is 5.56 Å². The summed E-state index contributed by atoms with van der Waals surface area (Å²) in [6, 6.07) is 14.4. The molecule has 0 fully saturated rings. The summed E-state index contributed by atoms with van der Waals surface area (Å²) in [6.45, 7) is 0. The van der Waals surface area contributed by atoms with Crippen LogP contribution in [0.2, 0.25) is 5.02 Å². The molecule has 7 nitrogen and oxygen atoms in total. The minimum atomic E-state index is -1.42. The van der Waals surface area contributed by atoms with E-state index < -0.39 is 5.66 Å². The maximum Gasteiger partial charge on any atom is 0.280 e. The quantitative estimate of drug-likeness (QED) is 0.635. The van der Waals surface area contributed by atoms with Crippen LogP contribution < -0.4 is 21.7 Å². The minimum absolute atomic E-state index is 0.105. The number of fused-ring (bicyclic) bond motifs is 2. The number of para-hydroxylation sites is 1. The molecule has 2 aromatic carbocycles. The van der Waals surface area contributed by atoms with Crippen molar-refractivity contribution in [2.45, 2.75) is 5.66 Å². The van der Waals surface area contributed by atoms with E-state index in [1.807, 2.05) is 12.1 Å². The monoisotopic (exact) mass is 340 g/mol. The second kappa shape index (κ2) is 5.24. The predicted molar refractivity (Wildman–Crippen MR) is 94.0 cm³/mol. The lowest BCUT2D eigenvalue weighted by molar-refractivity contribution is -0.120. The van der Waals surface area contributed by atoms with Gasteiger partial charge in [0.1, 0.15) is 0 Å². The minimum Gasteiger partial charge on any atom is -0.370 e. The van der Waals surface area contributed by atoms with Crippen LogP contribution in [0.25, 0.3) is 0 Å². The van der Waals surface area contributed by atoms with E-state index in [2.05, 4.69) is 25.9 Å². The SMILES string of the molecule is NC1=N[C@]2(N=C(Nc3ccc(Cl)cc3)N1)C(=O)Nc1ccccc12. The summed E-state index contributed by atoms with van der Waals surface area (Å²) in [6.07, 6.45) is 0. The molecule has 4 rings (SSSR count). The average molecular weight is 341 g/mol. The Morgan fingerprint density at radius 2 is 1.79 bits per heavy atom. The molecule has 2 aromatic rings. The second-order valence-corrected chi connectivity index (χ2v) is 5.82. The van der Waals surface area contributed by atoms with Crippen molar-refractivity contribution in [3.05, 3.63) is 59.1 Å². The van der Waals surface area contributed by atoms with Gasteiger partial charge in [0.15, 0.2) is 5.96 Å². The molecule has 0 aliphatic carbocycles. The highest BCUT2D eigenvalue weighted by atomic mass is 35.5. The number of hydrogen-bond donors (Lipinski definition) is 4. The molecule has 1 atom stereocenters. The van der Waals surface area contributed by atoms with Crippen LogP contribution in [0.4, 0.5) is 11.4 Å². The van der Waals surface area contributed by atoms with Gasteiger partial charge in [-0.05, 0) is 30.3 Å². The van der Waals surface area contributed by atoms with E-state index in [1.165, 1.54) is 0 Å². The number of nitrogens with one attached hydrogen (secondary N) is 3. The van der Waals surface area contributed by atoms with Crippen LogP contribution in [0.5, 0.6) is 0 Å². The highest BCUT2D eigenvalue weighted by Gasteiger charge is 2.49. The molecule has 24 heavy (non-hydrogen) atoms. The number of anilines is 2. The lowest BCUT2D eigenvalue weighted by Crippen LogP contribution is -2.49. The zero-order valence-electron chi connectivity index (χ0n) is 12.4. The Balaban J connectivity index is 1.76. The van der Waals surface area contributed by atoms with Crippen molar-refractivity contribution >= 4 is 40.8 Å². The van der Waals surface area contributed by atoms with Crippen molar-refractivity contribution in [1.82, 2.24) is 5.32 Å². The normalized spacial score (nSPS) is 21.5. The van der Waals surface area contributed by atoms with Gasteiger partial charge in [-0.3, -0.25) is 10.1 Å². The van der Waals surface area contributed by atoms with E-state index in [-0.39, 0.29) is 11.9 Å². The summed E-state index contributed by atoms with van der Waals surface area (Å²) in [4.78, 5) is 21.3. The number of carbonyl (C=O) groups excluding carboxylic acids is 1. The van der Waals surface area contributed by atoms with Crippen molar-refractivity contribution in [3.63, 3.8) is 0 Å². The number of hydrogen-bond acceptors (Lipinski definition) is 6. The van der Waals surface area contributed by atoms with Crippen molar-refractivity contribution in [2.24, 2.45) is 15.7 Å². The predicted octanol–water partition coefficient (Wildman–Crippen LogP) is 1.83. The van der Waals surface area contributed by atoms with Gasteiger partial charge in [0.2, 0.25) is 5.96 Å². The molecule has 0 saturated heterocycles. The van der Waals surface area contributed by atoms with Gasteiger partial charge in [0, 0.05) is 22.0 Å². The number of carbonyl (C=O) groups is 1. The molecule has 0 bridgehead atoms. The summed E-state index contributed by atoms with van der Waals surface area (Å²) >= 11 is 5.89. The third kappa shape index (κ3) is 2.26. The first-order chi connectivity index (χ1) is 11.6. The van der Waals surface area contributed by atoms with Gasteiger partial charge in [0.05, 0.1) is 0 Å². The first-order valence-corrected chi connectivity index (χ1v) is 7.60. The highest BCUT2D eigenvalue weighted by Crippen LogP contribution is 2.40. The van der Waals surface area contributed by atoms with E-state index in [0.717, 1.165) is 5.69 Å². The van der Waals surface area contributed by atoms with E-state index in [4.69, 9.17) is 17.3 Å². The molecule has 2 heterocycles. The van der Waals surface area contributed by atoms with Crippen molar-refractivity contribution in [1.29, 1.82) is 0 Å². The van der Waals surface area contributed by atoms with Gasteiger partial charge in [-0.25, -0.2) is 9.98 Å². The maximum absolute atomic E-state index is 12.5. The number of aliphatic imine (C=N–C) groups is 2. The van der Waals surface area contributed by atoms with Crippen molar-refractivity contribution < 1.29 is 4.79 Å². The Bertz CT molecular complexity index is 892. The summed E-state index contributed by atoms with van der Waals surface area (Å²) in [7, 11) is 0. The average Bonchev–Trinajstić information content (AvgIpc) is 2.81. The Morgan fingerprint density at radius 1 is 1.04 bits per heavy atom. The number of halogens is 1.